The molecule has 3 nitrogen and oxygen atoms in total. The maximum Gasteiger partial charge on any atom is 0.0595 e. The van der Waals surface area contributed by atoms with Gasteiger partial charge in [0, 0.05) is 26.7 Å². The van der Waals surface area contributed by atoms with Gasteiger partial charge < -0.3 is 14.5 Å². The van der Waals surface area contributed by atoms with Gasteiger partial charge in [0.2, 0.25) is 0 Å². The molecule has 16 heavy (non-hydrogen) atoms. The third kappa shape index (κ3) is 3.44. The smallest absolute Gasteiger partial charge is 0.0595 e. The van der Waals surface area contributed by atoms with Crippen LogP contribution >= 0.6 is 0 Å². The molecule has 0 spiro atoms. The summed E-state index contributed by atoms with van der Waals surface area (Å²) in [7, 11) is 4.08. The molecule has 2 fully saturated rings. The lowest BCUT2D eigenvalue weighted by Crippen LogP contribution is -2.42. The lowest BCUT2D eigenvalue weighted by atomic mass is 9.95. The van der Waals surface area contributed by atoms with Crippen LogP contribution in [-0.2, 0) is 4.74 Å². The molecule has 0 radical (unpaired) electrons. The van der Waals surface area contributed by atoms with Crippen LogP contribution in [0.2, 0.25) is 0 Å². The van der Waals surface area contributed by atoms with Crippen molar-refractivity contribution in [3.05, 3.63) is 0 Å². The monoisotopic (exact) mass is 226 g/mol. The number of likely N-dealkylation sites (tertiary alicyclic amines) is 2. The summed E-state index contributed by atoms with van der Waals surface area (Å²) in [6.45, 7) is 6.39. The van der Waals surface area contributed by atoms with Gasteiger partial charge in [0.25, 0.3) is 0 Å². The molecule has 3 heteroatoms. The number of ether oxygens (including phenoxy) is 1. The van der Waals surface area contributed by atoms with E-state index in [2.05, 4.69) is 16.8 Å². The van der Waals surface area contributed by atoms with E-state index >= 15 is 0 Å². The highest BCUT2D eigenvalue weighted by Crippen LogP contribution is 2.20. The fraction of sp³-hybridized carbons (Fsp3) is 1.00. The summed E-state index contributed by atoms with van der Waals surface area (Å²) < 4.78 is 5.41. The average Bonchev–Trinajstić information content (AvgIpc) is 2.33. The Hall–Kier alpha value is -0.120. The van der Waals surface area contributed by atoms with E-state index in [0.717, 1.165) is 5.92 Å². The van der Waals surface area contributed by atoms with Gasteiger partial charge in [-0.2, -0.15) is 0 Å². The van der Waals surface area contributed by atoms with Gasteiger partial charge in [0.15, 0.2) is 0 Å². The zero-order valence-electron chi connectivity index (χ0n) is 10.8. The minimum Gasteiger partial charge on any atom is -0.381 e. The van der Waals surface area contributed by atoms with Gasteiger partial charge in [-0.25, -0.2) is 0 Å². The Labute approximate surface area is 99.7 Å². The van der Waals surface area contributed by atoms with Crippen LogP contribution in [0.5, 0.6) is 0 Å². The summed E-state index contributed by atoms with van der Waals surface area (Å²) in [5, 5.41) is 0. The van der Waals surface area contributed by atoms with Crippen molar-refractivity contribution in [3.63, 3.8) is 0 Å². The van der Waals surface area contributed by atoms with Crippen molar-refractivity contribution in [2.75, 3.05) is 46.9 Å². The SMILES string of the molecule is COC1CCN(CC2CCN(C)CC2)CC1. The highest BCUT2D eigenvalue weighted by Gasteiger charge is 2.23. The summed E-state index contributed by atoms with van der Waals surface area (Å²) in [6.07, 6.45) is 5.75. The van der Waals surface area contributed by atoms with E-state index in [1.165, 1.54) is 58.4 Å². The third-order valence-corrected chi connectivity index (χ3v) is 4.22. The van der Waals surface area contributed by atoms with Gasteiger partial charge in [-0.05, 0) is 51.7 Å². The van der Waals surface area contributed by atoms with Crippen LogP contribution in [0.25, 0.3) is 0 Å². The fourth-order valence-electron chi connectivity index (χ4n) is 2.94. The predicted octanol–water partition coefficient (Wildman–Crippen LogP) is 1.44. The lowest BCUT2D eigenvalue weighted by molar-refractivity contribution is 0.0329. The van der Waals surface area contributed by atoms with Crippen molar-refractivity contribution in [1.82, 2.24) is 9.80 Å². The van der Waals surface area contributed by atoms with Crippen molar-refractivity contribution < 1.29 is 4.74 Å². The van der Waals surface area contributed by atoms with Crippen molar-refractivity contribution in [1.29, 1.82) is 0 Å². The highest BCUT2D eigenvalue weighted by atomic mass is 16.5. The molecule has 0 aromatic heterocycles. The topological polar surface area (TPSA) is 15.7 Å². The van der Waals surface area contributed by atoms with Crippen molar-refractivity contribution in [3.8, 4) is 0 Å². The first-order chi connectivity index (χ1) is 7.78. The zero-order valence-corrected chi connectivity index (χ0v) is 10.8. The Morgan fingerprint density at radius 2 is 1.62 bits per heavy atom. The number of rotatable bonds is 3. The number of nitrogens with zero attached hydrogens (tertiary/aromatic N) is 2. The molecule has 0 N–H and O–H groups in total. The summed E-state index contributed by atoms with van der Waals surface area (Å²) in [6, 6.07) is 0. The molecule has 2 heterocycles. The summed E-state index contributed by atoms with van der Waals surface area (Å²) in [5.41, 5.74) is 0. The largest absolute Gasteiger partial charge is 0.381 e. The normalized spacial score (nSPS) is 27.4. The molecule has 2 aliphatic rings. The third-order valence-electron chi connectivity index (χ3n) is 4.22. The van der Waals surface area contributed by atoms with Crippen LogP contribution in [0.1, 0.15) is 25.7 Å². The Balaban J connectivity index is 1.66. The highest BCUT2D eigenvalue weighted by molar-refractivity contribution is 4.77. The van der Waals surface area contributed by atoms with Gasteiger partial charge in [-0.15, -0.1) is 0 Å². The standard InChI is InChI=1S/C13H26N2O/c1-14-7-3-12(4-8-14)11-15-9-5-13(16-2)6-10-15/h12-13H,3-11H2,1-2H3. The van der Waals surface area contributed by atoms with Gasteiger partial charge in [0.05, 0.1) is 6.10 Å². The fourth-order valence-corrected chi connectivity index (χ4v) is 2.94. The van der Waals surface area contributed by atoms with E-state index in [4.69, 9.17) is 4.74 Å². The molecule has 2 aliphatic heterocycles. The minimum atomic E-state index is 0.522. The maximum atomic E-state index is 5.41. The second kappa shape index (κ2) is 5.99. The van der Waals surface area contributed by atoms with Gasteiger partial charge in [-0.3, -0.25) is 0 Å². The van der Waals surface area contributed by atoms with Crippen LogP contribution in [-0.4, -0.2) is 62.8 Å². The molecule has 2 saturated heterocycles. The molecule has 0 aromatic rings. The molecule has 0 bridgehead atoms. The zero-order chi connectivity index (χ0) is 11.4. The average molecular weight is 226 g/mol. The van der Waals surface area contributed by atoms with E-state index in [0.29, 0.717) is 6.10 Å². The Morgan fingerprint density at radius 3 is 2.19 bits per heavy atom. The van der Waals surface area contributed by atoms with Gasteiger partial charge in [-0.1, -0.05) is 0 Å². The summed E-state index contributed by atoms with van der Waals surface area (Å²) in [5.74, 6) is 0.940. The first kappa shape index (κ1) is 12.3. The van der Waals surface area contributed by atoms with Crippen LogP contribution in [0.3, 0.4) is 0 Å². The molecule has 0 aromatic carbocycles. The minimum absolute atomic E-state index is 0.522. The maximum absolute atomic E-state index is 5.41. The van der Waals surface area contributed by atoms with Crippen LogP contribution in [0.15, 0.2) is 0 Å². The van der Waals surface area contributed by atoms with E-state index in [-0.39, 0.29) is 0 Å². The Morgan fingerprint density at radius 1 is 1.00 bits per heavy atom. The number of hydrogen-bond acceptors (Lipinski definition) is 3. The molecule has 0 aliphatic carbocycles. The number of methoxy groups -OCH3 is 1. The molecule has 2 rings (SSSR count). The van der Waals surface area contributed by atoms with Crippen molar-refractivity contribution >= 4 is 0 Å². The number of hydrogen-bond donors (Lipinski definition) is 0. The number of piperidine rings is 2. The molecular formula is C13H26N2O. The first-order valence-corrected chi connectivity index (χ1v) is 6.71. The van der Waals surface area contributed by atoms with Crippen LogP contribution < -0.4 is 0 Å². The van der Waals surface area contributed by atoms with E-state index < -0.39 is 0 Å². The van der Waals surface area contributed by atoms with Gasteiger partial charge >= 0.3 is 0 Å². The lowest BCUT2D eigenvalue weighted by Gasteiger charge is -2.36. The van der Waals surface area contributed by atoms with Gasteiger partial charge in [0.1, 0.15) is 0 Å². The van der Waals surface area contributed by atoms with Crippen molar-refractivity contribution in [2.24, 2.45) is 5.92 Å². The molecule has 0 atom stereocenters. The first-order valence-electron chi connectivity index (χ1n) is 6.71. The Bertz CT molecular complexity index is 194. The molecule has 0 unspecified atom stereocenters. The molecule has 0 saturated carbocycles. The van der Waals surface area contributed by atoms with Crippen LogP contribution in [0, 0.1) is 5.92 Å². The molecule has 0 amide bonds. The summed E-state index contributed by atoms with van der Waals surface area (Å²) >= 11 is 0. The predicted molar refractivity (Wildman–Crippen MR) is 66.7 cm³/mol. The quantitative estimate of drug-likeness (QED) is 0.724. The Kier molecular flexibility index (Phi) is 4.62. The van der Waals surface area contributed by atoms with Crippen LogP contribution in [0.4, 0.5) is 0 Å². The second-order valence-electron chi connectivity index (χ2n) is 5.48. The summed E-state index contributed by atoms with van der Waals surface area (Å²) in [4.78, 5) is 5.10. The molecular weight excluding hydrogens is 200 g/mol. The molecule has 94 valence electrons. The van der Waals surface area contributed by atoms with Crippen molar-refractivity contribution in [2.45, 2.75) is 31.8 Å². The second-order valence-corrected chi connectivity index (χ2v) is 5.48. The van der Waals surface area contributed by atoms with E-state index in [9.17, 15) is 0 Å². The van der Waals surface area contributed by atoms with E-state index in [1.54, 1.807) is 0 Å². The van der Waals surface area contributed by atoms with E-state index in [1.807, 2.05) is 7.11 Å².